The molecule has 0 aromatic heterocycles. The van der Waals surface area contributed by atoms with Crippen LogP contribution in [-0.2, 0) is 12.8 Å². The van der Waals surface area contributed by atoms with Crippen molar-refractivity contribution in [1.82, 2.24) is 16.0 Å². The van der Waals surface area contributed by atoms with Crippen molar-refractivity contribution in [2.24, 2.45) is 17.2 Å². The average molecular weight is 619 g/mol. The summed E-state index contributed by atoms with van der Waals surface area (Å²) in [5, 5.41) is 10.5. The lowest BCUT2D eigenvalue weighted by molar-refractivity contribution is 0.568. The van der Waals surface area contributed by atoms with Gasteiger partial charge in [0.15, 0.2) is 0 Å². The fourth-order valence-corrected chi connectivity index (χ4v) is 5.51. The predicted octanol–water partition coefficient (Wildman–Crippen LogP) is 7.14. The smallest absolute Gasteiger partial charge is 0.00484 e. The zero-order chi connectivity index (χ0) is 32.2. The Kier molecular flexibility index (Phi) is 35.6. The zero-order valence-corrected chi connectivity index (χ0v) is 29.7. The van der Waals surface area contributed by atoms with Gasteiger partial charge in [0.1, 0.15) is 0 Å². The van der Waals surface area contributed by atoms with Gasteiger partial charge in [-0.2, -0.15) is 0 Å². The lowest BCUT2D eigenvalue weighted by atomic mass is 9.98. The van der Waals surface area contributed by atoms with Crippen LogP contribution in [0.3, 0.4) is 0 Å². The Morgan fingerprint density at radius 1 is 0.409 bits per heavy atom. The number of nitrogens with two attached hydrogens (primary N) is 3. The van der Waals surface area contributed by atoms with Crippen molar-refractivity contribution in [3.05, 3.63) is 34.9 Å². The fraction of sp³-hybridized carbons (Fsp3) is 0.842. The summed E-state index contributed by atoms with van der Waals surface area (Å²) < 4.78 is 0. The van der Waals surface area contributed by atoms with Crippen LogP contribution in [0.2, 0.25) is 0 Å². The number of benzene rings is 1. The summed E-state index contributed by atoms with van der Waals surface area (Å²) in [4.78, 5) is 0. The summed E-state index contributed by atoms with van der Waals surface area (Å²) in [6.45, 7) is 13.9. The minimum absolute atomic E-state index is 0.816. The van der Waals surface area contributed by atoms with Crippen molar-refractivity contribution in [3.8, 4) is 0 Å². The summed E-state index contributed by atoms with van der Waals surface area (Å²) in [7, 11) is 0. The normalized spacial score (nSPS) is 11.1. The SMILES string of the molecule is CCCCCCCNCCCCN.Cc1cc(CCCCCCNCCCCN)cc(CCCCCCNCCCCN)c1. The van der Waals surface area contributed by atoms with E-state index >= 15 is 0 Å². The maximum Gasteiger partial charge on any atom is -0.00484 e. The van der Waals surface area contributed by atoms with Gasteiger partial charge in [-0.3, -0.25) is 0 Å². The molecule has 1 rings (SSSR count). The Bertz CT molecular complexity index is 631. The molecule has 0 fully saturated rings. The Morgan fingerprint density at radius 2 is 0.727 bits per heavy atom. The first kappa shape index (κ1) is 43.0. The van der Waals surface area contributed by atoms with Crippen molar-refractivity contribution >= 4 is 0 Å². The van der Waals surface area contributed by atoms with Gasteiger partial charge in [0.25, 0.3) is 0 Å². The quantitative estimate of drug-likeness (QED) is 0.0478. The van der Waals surface area contributed by atoms with Gasteiger partial charge >= 0.3 is 0 Å². The lowest BCUT2D eigenvalue weighted by Crippen LogP contribution is -2.17. The minimum Gasteiger partial charge on any atom is -0.330 e. The van der Waals surface area contributed by atoms with Gasteiger partial charge in [0.05, 0.1) is 0 Å². The van der Waals surface area contributed by atoms with E-state index in [1.165, 1.54) is 139 Å². The minimum atomic E-state index is 0.816. The first-order valence-corrected chi connectivity index (χ1v) is 19.0. The molecule has 0 atom stereocenters. The summed E-state index contributed by atoms with van der Waals surface area (Å²) >= 11 is 0. The van der Waals surface area contributed by atoms with E-state index in [4.69, 9.17) is 17.2 Å². The van der Waals surface area contributed by atoms with Crippen LogP contribution in [0, 0.1) is 6.92 Å². The maximum absolute atomic E-state index is 5.52. The molecule has 0 radical (unpaired) electrons. The summed E-state index contributed by atoms with van der Waals surface area (Å²) in [5.74, 6) is 0. The Labute approximate surface area is 275 Å². The highest BCUT2D eigenvalue weighted by atomic mass is 14.8. The first-order valence-electron chi connectivity index (χ1n) is 19.0. The van der Waals surface area contributed by atoms with Crippen LogP contribution in [-0.4, -0.2) is 58.9 Å². The molecular formula is C38H78N6. The van der Waals surface area contributed by atoms with Crippen molar-refractivity contribution < 1.29 is 0 Å². The molecule has 0 saturated carbocycles. The Morgan fingerprint density at radius 3 is 1.07 bits per heavy atom. The van der Waals surface area contributed by atoms with Crippen molar-refractivity contribution in [2.45, 2.75) is 149 Å². The molecule has 260 valence electrons. The van der Waals surface area contributed by atoms with E-state index in [0.717, 1.165) is 71.6 Å². The van der Waals surface area contributed by atoms with Crippen LogP contribution >= 0.6 is 0 Å². The molecule has 44 heavy (non-hydrogen) atoms. The van der Waals surface area contributed by atoms with E-state index in [1.807, 2.05) is 0 Å². The number of aryl methyl sites for hydroxylation is 3. The second-order valence-corrected chi connectivity index (χ2v) is 12.8. The van der Waals surface area contributed by atoms with Crippen LogP contribution in [0.25, 0.3) is 0 Å². The summed E-state index contributed by atoms with van der Waals surface area (Å²) in [5.41, 5.74) is 20.9. The van der Waals surface area contributed by atoms with Crippen LogP contribution in [0.15, 0.2) is 18.2 Å². The molecule has 0 spiro atoms. The van der Waals surface area contributed by atoms with E-state index in [-0.39, 0.29) is 0 Å². The van der Waals surface area contributed by atoms with E-state index in [0.29, 0.717) is 0 Å². The van der Waals surface area contributed by atoms with E-state index in [2.05, 4.69) is 48.0 Å². The zero-order valence-electron chi connectivity index (χ0n) is 29.7. The molecule has 0 aliphatic carbocycles. The summed E-state index contributed by atoms with van der Waals surface area (Å²) in [6, 6.07) is 7.24. The molecule has 0 bridgehead atoms. The molecule has 0 unspecified atom stereocenters. The molecule has 1 aromatic carbocycles. The topological polar surface area (TPSA) is 114 Å². The molecular weight excluding hydrogens is 540 g/mol. The number of hydrogen-bond donors (Lipinski definition) is 6. The first-order chi connectivity index (χ1) is 21.7. The van der Waals surface area contributed by atoms with Crippen LogP contribution in [0.4, 0.5) is 0 Å². The van der Waals surface area contributed by atoms with Gasteiger partial charge in [0.2, 0.25) is 0 Å². The van der Waals surface area contributed by atoms with Crippen molar-refractivity contribution in [1.29, 1.82) is 0 Å². The molecule has 6 nitrogen and oxygen atoms in total. The number of hydrogen-bond acceptors (Lipinski definition) is 6. The highest BCUT2D eigenvalue weighted by molar-refractivity contribution is 5.29. The molecule has 0 heterocycles. The third-order valence-electron chi connectivity index (χ3n) is 8.22. The molecule has 1 aromatic rings. The van der Waals surface area contributed by atoms with Crippen LogP contribution in [0.5, 0.6) is 0 Å². The summed E-state index contributed by atoms with van der Waals surface area (Å²) in [6.07, 6.45) is 27.0. The molecule has 9 N–H and O–H groups in total. The van der Waals surface area contributed by atoms with Crippen LogP contribution in [0.1, 0.15) is 146 Å². The lowest BCUT2D eigenvalue weighted by Gasteiger charge is -2.09. The molecule has 0 aliphatic rings. The van der Waals surface area contributed by atoms with Gasteiger partial charge in [-0.05, 0) is 160 Å². The van der Waals surface area contributed by atoms with E-state index in [1.54, 1.807) is 0 Å². The second-order valence-electron chi connectivity index (χ2n) is 12.8. The van der Waals surface area contributed by atoms with Gasteiger partial charge in [0, 0.05) is 0 Å². The van der Waals surface area contributed by atoms with Crippen LogP contribution < -0.4 is 33.2 Å². The molecule has 0 aliphatic heterocycles. The third-order valence-corrected chi connectivity index (χ3v) is 8.22. The molecule has 6 heteroatoms. The van der Waals surface area contributed by atoms with Gasteiger partial charge < -0.3 is 33.2 Å². The Balaban J connectivity index is 0.00000119. The van der Waals surface area contributed by atoms with Gasteiger partial charge in [-0.15, -0.1) is 0 Å². The average Bonchev–Trinajstić information content (AvgIpc) is 3.02. The fourth-order valence-electron chi connectivity index (χ4n) is 5.51. The number of unbranched alkanes of at least 4 members (excludes halogenated alkanes) is 13. The standard InChI is InChI=1S/C27H52N4.C11H26N2/c1-25-22-26(14-6-2-4-10-18-30-20-12-8-16-28)24-27(23-25)15-7-3-5-11-19-31-21-13-9-17-29;1-2-3-4-5-7-10-13-11-8-6-9-12/h22-24,30-31H,2-21,28-29H2,1H3;13H,2-12H2,1H3. The second kappa shape index (κ2) is 36.4. The molecule has 0 amide bonds. The maximum atomic E-state index is 5.52. The van der Waals surface area contributed by atoms with Crippen molar-refractivity contribution in [2.75, 3.05) is 58.9 Å². The highest BCUT2D eigenvalue weighted by Gasteiger charge is 2.01. The Hall–Kier alpha value is -1.02. The van der Waals surface area contributed by atoms with Gasteiger partial charge in [-0.25, -0.2) is 0 Å². The number of rotatable bonds is 32. The highest BCUT2D eigenvalue weighted by Crippen LogP contribution is 2.16. The number of nitrogens with one attached hydrogen (secondary N) is 3. The van der Waals surface area contributed by atoms with E-state index in [9.17, 15) is 0 Å². The monoisotopic (exact) mass is 619 g/mol. The van der Waals surface area contributed by atoms with Gasteiger partial charge in [-0.1, -0.05) is 82.1 Å². The van der Waals surface area contributed by atoms with E-state index < -0.39 is 0 Å². The predicted molar refractivity (Wildman–Crippen MR) is 198 cm³/mol. The van der Waals surface area contributed by atoms with Crippen molar-refractivity contribution in [3.63, 3.8) is 0 Å². The third kappa shape index (κ3) is 32.4. The molecule has 0 saturated heterocycles. The largest absolute Gasteiger partial charge is 0.330 e.